The number of hydrogen-bond donors (Lipinski definition) is 0. The maximum absolute atomic E-state index is 12.5. The van der Waals surface area contributed by atoms with Crippen molar-refractivity contribution in [3.05, 3.63) is 23.8 Å². The Morgan fingerprint density at radius 3 is 2.37 bits per heavy atom. The number of ether oxygens (including phenoxy) is 4. The van der Waals surface area contributed by atoms with Crippen molar-refractivity contribution in [1.82, 2.24) is 4.90 Å². The zero-order chi connectivity index (χ0) is 20.0. The van der Waals surface area contributed by atoms with Crippen LogP contribution in [0.25, 0.3) is 0 Å². The van der Waals surface area contributed by atoms with Crippen LogP contribution in [0.3, 0.4) is 0 Å². The summed E-state index contributed by atoms with van der Waals surface area (Å²) in [4.78, 5) is 26.4. The summed E-state index contributed by atoms with van der Waals surface area (Å²) in [5.41, 5.74) is 0.930. The van der Waals surface area contributed by atoms with Gasteiger partial charge in [0.1, 0.15) is 0 Å². The number of amides is 1. The molecule has 2 rings (SSSR count). The molecule has 0 spiro atoms. The first-order valence-electron chi connectivity index (χ1n) is 9.18. The van der Waals surface area contributed by atoms with Crippen LogP contribution in [0.1, 0.15) is 32.8 Å². The molecule has 1 saturated heterocycles. The third-order valence-electron chi connectivity index (χ3n) is 4.45. The molecule has 0 aliphatic carbocycles. The average molecular weight is 379 g/mol. The summed E-state index contributed by atoms with van der Waals surface area (Å²) in [6.45, 7) is 6.49. The highest BCUT2D eigenvalue weighted by Crippen LogP contribution is 2.28. The molecule has 0 bridgehead atoms. The van der Waals surface area contributed by atoms with E-state index in [1.54, 1.807) is 32.1 Å². The van der Waals surface area contributed by atoms with Crippen LogP contribution in [0.4, 0.5) is 0 Å². The minimum Gasteiger partial charge on any atom is -0.493 e. The minimum absolute atomic E-state index is 0.0225. The zero-order valence-electron chi connectivity index (χ0n) is 16.7. The summed E-state index contributed by atoms with van der Waals surface area (Å²) in [5.74, 6) is 0.663. The predicted molar refractivity (Wildman–Crippen MR) is 100 cm³/mol. The number of aryl methyl sites for hydroxylation is 1. The molecule has 1 amide bonds. The molecule has 1 aromatic rings. The molecule has 0 radical (unpaired) electrons. The number of carbonyl (C=O) groups is 2. The normalized spacial score (nSPS) is 20.7. The van der Waals surface area contributed by atoms with Gasteiger partial charge in [0.05, 0.1) is 26.4 Å². The quantitative estimate of drug-likeness (QED) is 0.676. The van der Waals surface area contributed by atoms with Crippen LogP contribution in [0.15, 0.2) is 18.2 Å². The van der Waals surface area contributed by atoms with E-state index in [9.17, 15) is 9.59 Å². The van der Waals surface area contributed by atoms with Crippen LogP contribution in [0.2, 0.25) is 0 Å². The Balaban J connectivity index is 1.85. The number of morpholine rings is 1. The molecule has 1 aliphatic heterocycles. The lowest BCUT2D eigenvalue weighted by Crippen LogP contribution is -2.51. The molecule has 3 unspecified atom stereocenters. The summed E-state index contributed by atoms with van der Waals surface area (Å²) < 4.78 is 21.4. The van der Waals surface area contributed by atoms with Gasteiger partial charge in [0.2, 0.25) is 0 Å². The predicted octanol–water partition coefficient (Wildman–Crippen LogP) is 2.20. The maximum atomic E-state index is 12.5. The Hall–Kier alpha value is -2.28. The summed E-state index contributed by atoms with van der Waals surface area (Å²) in [5, 5.41) is 0. The Kier molecular flexibility index (Phi) is 7.47. The van der Waals surface area contributed by atoms with Crippen LogP contribution in [-0.2, 0) is 25.5 Å². The molecule has 0 saturated carbocycles. The molecular weight excluding hydrogens is 350 g/mol. The monoisotopic (exact) mass is 379 g/mol. The van der Waals surface area contributed by atoms with Gasteiger partial charge in [-0.25, -0.2) is 0 Å². The number of esters is 1. The molecule has 0 N–H and O–H groups in total. The van der Waals surface area contributed by atoms with Crippen molar-refractivity contribution in [2.24, 2.45) is 0 Å². The first-order valence-corrected chi connectivity index (χ1v) is 9.18. The van der Waals surface area contributed by atoms with Crippen molar-refractivity contribution >= 4 is 11.9 Å². The first kappa shape index (κ1) is 21.0. The lowest BCUT2D eigenvalue weighted by atomic mass is 10.1. The van der Waals surface area contributed by atoms with E-state index in [0.29, 0.717) is 31.0 Å². The summed E-state index contributed by atoms with van der Waals surface area (Å²) in [6, 6.07) is 5.50. The van der Waals surface area contributed by atoms with E-state index in [1.165, 1.54) is 0 Å². The van der Waals surface area contributed by atoms with E-state index < -0.39 is 12.1 Å². The van der Waals surface area contributed by atoms with Gasteiger partial charge in [-0.3, -0.25) is 9.59 Å². The van der Waals surface area contributed by atoms with Gasteiger partial charge < -0.3 is 23.8 Å². The third-order valence-corrected chi connectivity index (χ3v) is 4.45. The van der Waals surface area contributed by atoms with Crippen LogP contribution in [0.5, 0.6) is 11.5 Å². The summed E-state index contributed by atoms with van der Waals surface area (Å²) in [7, 11) is 3.14. The molecular formula is C20H29NO6. The van der Waals surface area contributed by atoms with Gasteiger partial charge in [0.15, 0.2) is 17.6 Å². The minimum atomic E-state index is -0.805. The summed E-state index contributed by atoms with van der Waals surface area (Å²) >= 11 is 0. The van der Waals surface area contributed by atoms with E-state index >= 15 is 0 Å². The van der Waals surface area contributed by atoms with E-state index in [1.807, 2.05) is 26.0 Å². The number of rotatable bonds is 7. The maximum Gasteiger partial charge on any atom is 0.306 e. The van der Waals surface area contributed by atoms with Crippen molar-refractivity contribution in [3.8, 4) is 11.5 Å². The average Bonchev–Trinajstić information content (AvgIpc) is 2.64. The molecule has 27 heavy (non-hydrogen) atoms. The van der Waals surface area contributed by atoms with Crippen molar-refractivity contribution in [2.75, 3.05) is 27.3 Å². The molecule has 0 aromatic heterocycles. The highest BCUT2D eigenvalue weighted by Gasteiger charge is 2.30. The van der Waals surface area contributed by atoms with Gasteiger partial charge >= 0.3 is 5.97 Å². The standard InChI is InChI=1S/C20H29NO6/c1-13-11-21(12-14(2)26-13)20(23)15(3)27-19(22)9-7-16-6-8-17(24-4)18(10-16)25-5/h6,8,10,13-15H,7,9,11-12H2,1-5H3. The second kappa shape index (κ2) is 9.60. The second-order valence-electron chi connectivity index (χ2n) is 6.82. The van der Waals surface area contributed by atoms with Crippen LogP contribution in [0, 0.1) is 0 Å². The number of benzene rings is 1. The fourth-order valence-electron chi connectivity index (χ4n) is 3.20. The molecule has 150 valence electrons. The van der Waals surface area contributed by atoms with Crippen molar-refractivity contribution < 1.29 is 28.5 Å². The molecule has 7 heteroatoms. The van der Waals surface area contributed by atoms with Crippen molar-refractivity contribution in [3.63, 3.8) is 0 Å². The molecule has 7 nitrogen and oxygen atoms in total. The fraction of sp³-hybridized carbons (Fsp3) is 0.600. The van der Waals surface area contributed by atoms with Gasteiger partial charge in [-0.1, -0.05) is 6.07 Å². The molecule has 1 aromatic carbocycles. The van der Waals surface area contributed by atoms with Gasteiger partial charge in [-0.15, -0.1) is 0 Å². The Bertz CT molecular complexity index is 652. The SMILES string of the molecule is COc1ccc(CCC(=O)OC(C)C(=O)N2CC(C)OC(C)C2)cc1OC. The van der Waals surface area contributed by atoms with E-state index in [2.05, 4.69) is 0 Å². The van der Waals surface area contributed by atoms with Gasteiger partial charge in [0, 0.05) is 19.5 Å². The Morgan fingerprint density at radius 1 is 1.15 bits per heavy atom. The first-order chi connectivity index (χ1) is 12.8. The van der Waals surface area contributed by atoms with Gasteiger partial charge in [0.25, 0.3) is 5.91 Å². The van der Waals surface area contributed by atoms with E-state index in [4.69, 9.17) is 18.9 Å². The zero-order valence-corrected chi connectivity index (χ0v) is 16.7. The highest BCUT2D eigenvalue weighted by atomic mass is 16.5. The second-order valence-corrected chi connectivity index (χ2v) is 6.82. The molecule has 3 atom stereocenters. The number of methoxy groups -OCH3 is 2. The van der Waals surface area contributed by atoms with Crippen molar-refractivity contribution in [1.29, 1.82) is 0 Å². The lowest BCUT2D eigenvalue weighted by molar-refractivity contribution is -0.164. The Labute approximate surface area is 160 Å². The Morgan fingerprint density at radius 2 is 1.78 bits per heavy atom. The smallest absolute Gasteiger partial charge is 0.306 e. The molecule has 1 aliphatic rings. The van der Waals surface area contributed by atoms with E-state index in [-0.39, 0.29) is 24.5 Å². The van der Waals surface area contributed by atoms with Crippen molar-refractivity contribution in [2.45, 2.75) is 51.9 Å². The lowest BCUT2D eigenvalue weighted by Gasteiger charge is -2.36. The number of nitrogens with zero attached hydrogens (tertiary/aromatic N) is 1. The van der Waals surface area contributed by atoms with Gasteiger partial charge in [-0.05, 0) is 44.9 Å². The van der Waals surface area contributed by atoms with E-state index in [0.717, 1.165) is 5.56 Å². The number of carbonyl (C=O) groups excluding carboxylic acids is 2. The van der Waals surface area contributed by atoms with Gasteiger partial charge in [-0.2, -0.15) is 0 Å². The largest absolute Gasteiger partial charge is 0.493 e. The molecule has 1 fully saturated rings. The highest BCUT2D eigenvalue weighted by molar-refractivity contribution is 5.83. The summed E-state index contributed by atoms with van der Waals surface area (Å²) in [6.07, 6.45) is -0.175. The fourth-order valence-corrected chi connectivity index (χ4v) is 3.20. The topological polar surface area (TPSA) is 74.3 Å². The van der Waals surface area contributed by atoms with Crippen LogP contribution < -0.4 is 9.47 Å². The number of hydrogen-bond acceptors (Lipinski definition) is 6. The van der Waals surface area contributed by atoms with Crippen LogP contribution >= 0.6 is 0 Å². The van der Waals surface area contributed by atoms with Crippen LogP contribution in [-0.4, -0.2) is 62.4 Å². The third kappa shape index (κ3) is 5.85. The molecule has 1 heterocycles.